The number of anilines is 2. The van der Waals surface area contributed by atoms with Crippen molar-refractivity contribution < 1.29 is 23.9 Å². The smallest absolute Gasteiger partial charge is 0.323 e. The lowest BCUT2D eigenvalue weighted by atomic mass is 9.94. The summed E-state index contributed by atoms with van der Waals surface area (Å²) in [6, 6.07) is 11.2. The minimum absolute atomic E-state index is 0.0453. The molecule has 0 aromatic heterocycles. The van der Waals surface area contributed by atoms with Gasteiger partial charge >= 0.3 is 6.03 Å². The second-order valence-corrected chi connectivity index (χ2v) is 9.00. The van der Waals surface area contributed by atoms with Gasteiger partial charge in [0.05, 0.1) is 34.8 Å². The van der Waals surface area contributed by atoms with Crippen molar-refractivity contribution in [2.75, 3.05) is 30.8 Å². The summed E-state index contributed by atoms with van der Waals surface area (Å²) in [6.07, 6.45) is 1.11. The molecule has 0 unspecified atom stereocenters. The number of nitrogens with zero attached hydrogens (tertiary/aromatic N) is 1. The van der Waals surface area contributed by atoms with E-state index in [4.69, 9.17) is 21.1 Å². The largest absolute Gasteiger partial charge is 0.490 e. The number of nitrogens with one attached hydrogen (secondary N) is 3. The predicted octanol–water partition coefficient (Wildman–Crippen LogP) is 3.89. The van der Waals surface area contributed by atoms with E-state index in [2.05, 4.69) is 16.0 Å². The van der Waals surface area contributed by atoms with Crippen LogP contribution in [0.3, 0.4) is 0 Å². The molecule has 0 bridgehead atoms. The first-order chi connectivity index (χ1) is 16.9. The molecule has 3 atom stereocenters. The van der Waals surface area contributed by atoms with Crippen LogP contribution in [0.4, 0.5) is 16.2 Å². The molecule has 35 heavy (non-hydrogen) atoms. The SMILES string of the molecule is CCNC(=O)C[C@@H]1CC[C@H]2[C@@H](COc3ccc(NC(=O)Nc4ccccc4Cl)cc3C(=O)N2C)O1. The van der Waals surface area contributed by atoms with Crippen LogP contribution in [0.1, 0.15) is 36.5 Å². The summed E-state index contributed by atoms with van der Waals surface area (Å²) in [5.74, 6) is 0.138. The van der Waals surface area contributed by atoms with Gasteiger partial charge in [-0.15, -0.1) is 0 Å². The van der Waals surface area contributed by atoms with Crippen LogP contribution >= 0.6 is 11.6 Å². The highest BCUT2D eigenvalue weighted by Crippen LogP contribution is 2.32. The number of hydrogen-bond donors (Lipinski definition) is 3. The first-order valence-corrected chi connectivity index (χ1v) is 12.0. The molecular weight excluding hydrogens is 472 g/mol. The Morgan fingerprint density at radius 1 is 1.14 bits per heavy atom. The topological polar surface area (TPSA) is 109 Å². The summed E-state index contributed by atoms with van der Waals surface area (Å²) in [7, 11) is 1.74. The molecule has 3 N–H and O–H groups in total. The van der Waals surface area contributed by atoms with Crippen molar-refractivity contribution in [1.82, 2.24) is 10.2 Å². The quantitative estimate of drug-likeness (QED) is 0.577. The molecular formula is C25H29ClN4O5. The zero-order valence-corrected chi connectivity index (χ0v) is 20.4. The number of amides is 4. The van der Waals surface area contributed by atoms with Gasteiger partial charge < -0.3 is 30.3 Å². The van der Waals surface area contributed by atoms with Crippen molar-refractivity contribution in [2.24, 2.45) is 0 Å². The summed E-state index contributed by atoms with van der Waals surface area (Å²) in [5.41, 5.74) is 1.27. The zero-order chi connectivity index (χ0) is 24.9. The lowest BCUT2D eigenvalue weighted by molar-refractivity contribution is -0.133. The number of rotatable bonds is 5. The number of carbonyl (C=O) groups excluding carboxylic acids is 3. The van der Waals surface area contributed by atoms with Crippen molar-refractivity contribution in [3.63, 3.8) is 0 Å². The molecule has 2 aromatic carbocycles. The molecule has 0 radical (unpaired) electrons. The summed E-state index contributed by atoms with van der Waals surface area (Å²) in [5, 5.41) is 8.64. The molecule has 0 saturated carbocycles. The van der Waals surface area contributed by atoms with Crippen LogP contribution in [-0.4, -0.2) is 61.2 Å². The Hall–Kier alpha value is -3.30. The van der Waals surface area contributed by atoms with Gasteiger partial charge in [0, 0.05) is 19.3 Å². The van der Waals surface area contributed by atoms with Crippen molar-refractivity contribution in [1.29, 1.82) is 0 Å². The fourth-order valence-corrected chi connectivity index (χ4v) is 4.61. The van der Waals surface area contributed by atoms with Crippen LogP contribution in [-0.2, 0) is 9.53 Å². The van der Waals surface area contributed by atoms with Gasteiger partial charge in [-0.05, 0) is 50.1 Å². The summed E-state index contributed by atoms with van der Waals surface area (Å²) in [6.45, 7) is 2.71. The third-order valence-corrected chi connectivity index (χ3v) is 6.51. The number of likely N-dealkylation sites (N-methyl/N-ethyl adjacent to an activating group) is 1. The van der Waals surface area contributed by atoms with E-state index in [0.717, 1.165) is 0 Å². The Kier molecular flexibility index (Phi) is 7.77. The van der Waals surface area contributed by atoms with Crippen LogP contribution < -0.4 is 20.7 Å². The molecule has 186 valence electrons. The molecule has 9 nitrogen and oxygen atoms in total. The van der Waals surface area contributed by atoms with Gasteiger partial charge in [0.2, 0.25) is 5.91 Å². The zero-order valence-electron chi connectivity index (χ0n) is 19.7. The van der Waals surface area contributed by atoms with Crippen molar-refractivity contribution in [2.45, 2.75) is 44.4 Å². The van der Waals surface area contributed by atoms with Crippen LogP contribution in [0, 0.1) is 0 Å². The summed E-state index contributed by atoms with van der Waals surface area (Å²) >= 11 is 6.10. The maximum Gasteiger partial charge on any atom is 0.323 e. The Labute approximate surface area is 209 Å². The number of halogens is 1. The third-order valence-electron chi connectivity index (χ3n) is 6.18. The number of benzene rings is 2. The van der Waals surface area contributed by atoms with E-state index in [0.29, 0.717) is 47.1 Å². The Bertz CT molecular complexity index is 1110. The van der Waals surface area contributed by atoms with Crippen LogP contribution in [0.15, 0.2) is 42.5 Å². The van der Waals surface area contributed by atoms with Gasteiger partial charge in [0.1, 0.15) is 18.5 Å². The Morgan fingerprint density at radius 2 is 1.94 bits per heavy atom. The molecule has 10 heteroatoms. The molecule has 1 fully saturated rings. The lowest BCUT2D eigenvalue weighted by Gasteiger charge is -2.42. The lowest BCUT2D eigenvalue weighted by Crippen LogP contribution is -2.54. The molecule has 0 aliphatic carbocycles. The average Bonchev–Trinajstić information content (AvgIpc) is 2.83. The van der Waals surface area contributed by atoms with Crippen molar-refractivity contribution in [3.8, 4) is 5.75 Å². The minimum Gasteiger partial charge on any atom is -0.490 e. The monoisotopic (exact) mass is 500 g/mol. The van der Waals surface area contributed by atoms with Crippen LogP contribution in [0.25, 0.3) is 0 Å². The molecule has 2 heterocycles. The normalized spacial score (nSPS) is 21.5. The number of para-hydroxylation sites is 1. The second-order valence-electron chi connectivity index (χ2n) is 8.60. The first-order valence-electron chi connectivity index (χ1n) is 11.6. The van der Waals surface area contributed by atoms with Gasteiger partial charge in [-0.1, -0.05) is 23.7 Å². The number of fused-ring (bicyclic) bond motifs is 2. The van der Waals surface area contributed by atoms with Gasteiger partial charge in [-0.25, -0.2) is 4.79 Å². The van der Waals surface area contributed by atoms with E-state index in [9.17, 15) is 14.4 Å². The molecule has 2 aliphatic rings. The third kappa shape index (κ3) is 5.86. The number of hydrogen-bond acceptors (Lipinski definition) is 5. The first kappa shape index (κ1) is 24.8. The standard InChI is InChI=1S/C25H29ClN4O5/c1-3-27-23(31)13-16-9-10-20-22(35-16)14-34-21-11-8-15(12-17(21)24(32)30(20)2)28-25(33)29-19-7-5-4-6-18(19)26/h4-8,11-12,16,20,22H,3,9-10,13-14H2,1-2H3,(H,27,31)(H2,28,29,33)/t16-,20-,22+/m0/s1. The van der Waals surface area contributed by atoms with E-state index in [1.165, 1.54) is 0 Å². The number of carbonyl (C=O) groups is 3. The summed E-state index contributed by atoms with van der Waals surface area (Å²) in [4.78, 5) is 39.4. The molecule has 0 spiro atoms. The predicted molar refractivity (Wildman–Crippen MR) is 133 cm³/mol. The molecule has 4 amide bonds. The molecule has 4 rings (SSSR count). The molecule has 2 aliphatic heterocycles. The highest BCUT2D eigenvalue weighted by Gasteiger charge is 2.39. The highest BCUT2D eigenvalue weighted by atomic mass is 35.5. The molecule has 2 aromatic rings. The van der Waals surface area contributed by atoms with E-state index >= 15 is 0 Å². The van der Waals surface area contributed by atoms with Gasteiger partial charge in [-0.2, -0.15) is 0 Å². The van der Waals surface area contributed by atoms with E-state index in [-0.39, 0.29) is 43.1 Å². The number of urea groups is 1. The highest BCUT2D eigenvalue weighted by molar-refractivity contribution is 6.33. The van der Waals surface area contributed by atoms with Crippen LogP contribution in [0.5, 0.6) is 5.75 Å². The van der Waals surface area contributed by atoms with E-state index in [1.807, 2.05) is 6.92 Å². The van der Waals surface area contributed by atoms with E-state index in [1.54, 1.807) is 54.4 Å². The second kappa shape index (κ2) is 11.0. The maximum absolute atomic E-state index is 13.3. The Morgan fingerprint density at radius 3 is 2.71 bits per heavy atom. The van der Waals surface area contributed by atoms with Crippen molar-refractivity contribution in [3.05, 3.63) is 53.1 Å². The minimum atomic E-state index is -0.482. The maximum atomic E-state index is 13.3. The fourth-order valence-electron chi connectivity index (χ4n) is 4.43. The van der Waals surface area contributed by atoms with Gasteiger partial charge in [-0.3, -0.25) is 9.59 Å². The number of ether oxygens (including phenoxy) is 2. The van der Waals surface area contributed by atoms with Crippen molar-refractivity contribution >= 4 is 40.8 Å². The van der Waals surface area contributed by atoms with E-state index < -0.39 is 6.03 Å². The fraction of sp³-hybridized carbons (Fsp3) is 0.400. The molecule has 1 saturated heterocycles. The average molecular weight is 501 g/mol. The van der Waals surface area contributed by atoms with Gasteiger partial charge in [0.25, 0.3) is 5.91 Å². The summed E-state index contributed by atoms with van der Waals surface area (Å²) < 4.78 is 12.1. The van der Waals surface area contributed by atoms with Gasteiger partial charge in [0.15, 0.2) is 0 Å². The van der Waals surface area contributed by atoms with Crippen LogP contribution in [0.2, 0.25) is 5.02 Å². The Balaban J connectivity index is 1.46.